The van der Waals surface area contributed by atoms with Crippen molar-refractivity contribution in [2.24, 2.45) is 0 Å². The van der Waals surface area contributed by atoms with E-state index in [0.717, 1.165) is 0 Å². The fourth-order valence-corrected chi connectivity index (χ4v) is 3.27. The van der Waals surface area contributed by atoms with Crippen LogP contribution in [0.1, 0.15) is 23.6 Å². The summed E-state index contributed by atoms with van der Waals surface area (Å²) in [4.78, 5) is 12.3. The molecule has 0 N–H and O–H groups in total. The van der Waals surface area contributed by atoms with E-state index in [4.69, 9.17) is 4.74 Å². The lowest BCUT2D eigenvalue weighted by molar-refractivity contribution is -0.131. The first kappa shape index (κ1) is 17.1. The van der Waals surface area contributed by atoms with Crippen molar-refractivity contribution in [3.8, 4) is 0 Å². The Balaban J connectivity index is 2.20. The maximum absolute atomic E-state index is 14.7. The molecule has 1 heterocycles. The molecule has 0 radical (unpaired) electrons. The van der Waals surface area contributed by atoms with E-state index in [9.17, 15) is 17.6 Å². The van der Waals surface area contributed by atoms with Crippen molar-refractivity contribution in [3.63, 3.8) is 0 Å². The van der Waals surface area contributed by atoms with Crippen molar-refractivity contribution in [2.75, 3.05) is 0 Å². The third-order valence-corrected chi connectivity index (χ3v) is 4.47. The van der Waals surface area contributed by atoms with Crippen LogP contribution in [0.2, 0.25) is 0 Å². The van der Waals surface area contributed by atoms with Crippen molar-refractivity contribution in [1.29, 1.82) is 0 Å². The second-order valence-electron chi connectivity index (χ2n) is 5.46. The highest BCUT2D eigenvalue weighted by atomic mass is 32.2. The van der Waals surface area contributed by atoms with Crippen LogP contribution in [0.3, 0.4) is 0 Å². The molecule has 6 heteroatoms. The number of allylic oxidation sites excluding steroid dienone is 2. The van der Waals surface area contributed by atoms with Crippen molar-refractivity contribution < 1.29 is 22.3 Å². The number of halogens is 1. The molecule has 25 heavy (non-hydrogen) atoms. The van der Waals surface area contributed by atoms with Crippen LogP contribution in [-0.2, 0) is 26.0 Å². The molecular formula is C19H15FO4S. The fraction of sp³-hybridized carbons (Fsp3) is 0.105. The van der Waals surface area contributed by atoms with Crippen molar-refractivity contribution in [3.05, 3.63) is 82.9 Å². The van der Waals surface area contributed by atoms with Gasteiger partial charge in [0.1, 0.15) is 22.3 Å². The summed E-state index contributed by atoms with van der Waals surface area (Å²) in [5.41, 5.74) is 1.84. The first-order chi connectivity index (χ1) is 12.0. The number of benzene rings is 2. The summed E-state index contributed by atoms with van der Waals surface area (Å²) in [6.07, 6.45) is 1.60. The number of carbonyl (C=O) groups excluding carboxylic acids is 1. The van der Waals surface area contributed by atoms with Gasteiger partial charge in [-0.1, -0.05) is 42.5 Å². The molecule has 1 aliphatic rings. The molecule has 0 aromatic heterocycles. The van der Waals surface area contributed by atoms with Crippen molar-refractivity contribution >= 4 is 27.8 Å². The normalized spacial score (nSPS) is 16.0. The van der Waals surface area contributed by atoms with E-state index in [-0.39, 0.29) is 22.6 Å². The number of hydrogen-bond acceptors (Lipinski definition) is 4. The van der Waals surface area contributed by atoms with E-state index in [0.29, 0.717) is 16.7 Å². The molecule has 128 valence electrons. The molecule has 0 unspecified atom stereocenters. The van der Waals surface area contributed by atoms with Crippen LogP contribution in [0, 0.1) is 5.82 Å². The SMILES string of the molecule is CC=C1OC(=O)C(c2ccccc2)=C1c1ccc(C[SH](=O)=O)cc1F. The van der Waals surface area contributed by atoms with Gasteiger partial charge in [-0.2, -0.15) is 0 Å². The van der Waals surface area contributed by atoms with Gasteiger partial charge >= 0.3 is 5.97 Å². The molecule has 0 aliphatic carbocycles. The third kappa shape index (κ3) is 3.39. The Morgan fingerprint density at radius 3 is 2.40 bits per heavy atom. The van der Waals surface area contributed by atoms with Crippen LogP contribution in [-0.4, -0.2) is 14.4 Å². The van der Waals surface area contributed by atoms with Gasteiger partial charge in [0.25, 0.3) is 0 Å². The number of rotatable bonds is 4. The molecule has 0 spiro atoms. The molecule has 3 rings (SSSR count). The summed E-state index contributed by atoms with van der Waals surface area (Å²) in [7, 11) is -2.64. The molecule has 0 amide bonds. The van der Waals surface area contributed by atoms with Gasteiger partial charge in [-0.05, 0) is 30.2 Å². The van der Waals surface area contributed by atoms with Crippen molar-refractivity contribution in [2.45, 2.75) is 12.7 Å². The van der Waals surface area contributed by atoms with E-state index < -0.39 is 22.5 Å². The van der Waals surface area contributed by atoms with Crippen LogP contribution in [0.5, 0.6) is 0 Å². The maximum atomic E-state index is 14.7. The van der Waals surface area contributed by atoms with Gasteiger partial charge in [0, 0.05) is 11.1 Å². The quantitative estimate of drug-likeness (QED) is 0.673. The molecule has 1 aliphatic heterocycles. The number of ether oxygens (including phenoxy) is 1. The molecule has 0 saturated carbocycles. The summed E-state index contributed by atoms with van der Waals surface area (Å²) < 4.78 is 41.6. The Kier molecular flexibility index (Phi) is 4.81. The minimum Gasteiger partial charge on any atom is -0.423 e. The lowest BCUT2D eigenvalue weighted by atomic mass is 9.94. The monoisotopic (exact) mass is 358 g/mol. The molecule has 0 atom stereocenters. The van der Waals surface area contributed by atoms with Gasteiger partial charge in [-0.25, -0.2) is 17.6 Å². The summed E-state index contributed by atoms with van der Waals surface area (Å²) in [6.45, 7) is 1.70. The Morgan fingerprint density at radius 1 is 1.08 bits per heavy atom. The highest BCUT2D eigenvalue weighted by Crippen LogP contribution is 2.40. The minimum atomic E-state index is -2.64. The van der Waals surface area contributed by atoms with E-state index in [2.05, 4.69) is 0 Å². The van der Waals surface area contributed by atoms with E-state index >= 15 is 0 Å². The van der Waals surface area contributed by atoms with Crippen LogP contribution >= 0.6 is 0 Å². The van der Waals surface area contributed by atoms with Gasteiger partial charge in [0.2, 0.25) is 0 Å². The Bertz CT molecular complexity index is 964. The van der Waals surface area contributed by atoms with Gasteiger partial charge < -0.3 is 4.74 Å². The summed E-state index contributed by atoms with van der Waals surface area (Å²) in [5.74, 6) is -1.09. The number of esters is 1. The Hall–Kier alpha value is -2.73. The van der Waals surface area contributed by atoms with E-state index in [1.165, 1.54) is 18.2 Å². The summed E-state index contributed by atoms with van der Waals surface area (Å²) >= 11 is 0. The number of carbonyl (C=O) groups is 1. The van der Waals surface area contributed by atoms with Crippen molar-refractivity contribution in [1.82, 2.24) is 0 Å². The number of cyclic esters (lactones) is 1. The first-order valence-corrected chi connectivity index (χ1v) is 8.96. The molecule has 2 aromatic carbocycles. The number of hydrogen-bond donors (Lipinski definition) is 1. The number of thiol groups is 1. The Morgan fingerprint density at radius 2 is 1.80 bits per heavy atom. The smallest absolute Gasteiger partial charge is 0.344 e. The van der Waals surface area contributed by atoms with E-state index in [1.54, 1.807) is 37.3 Å². The topological polar surface area (TPSA) is 60.4 Å². The van der Waals surface area contributed by atoms with Gasteiger partial charge in [0.05, 0.1) is 11.3 Å². The molecule has 4 nitrogen and oxygen atoms in total. The predicted octanol–water partition coefficient (Wildman–Crippen LogP) is 3.31. The van der Waals surface area contributed by atoms with Crippen LogP contribution in [0.4, 0.5) is 4.39 Å². The van der Waals surface area contributed by atoms with Gasteiger partial charge in [-0.3, -0.25) is 0 Å². The largest absolute Gasteiger partial charge is 0.423 e. The highest BCUT2D eigenvalue weighted by molar-refractivity contribution is 7.71. The molecule has 2 aromatic rings. The lowest BCUT2D eigenvalue weighted by Crippen LogP contribution is -1.98. The molecular weight excluding hydrogens is 343 g/mol. The second kappa shape index (κ2) is 7.03. The molecule has 0 bridgehead atoms. The zero-order valence-electron chi connectivity index (χ0n) is 13.4. The first-order valence-electron chi connectivity index (χ1n) is 7.60. The zero-order chi connectivity index (χ0) is 18.0. The van der Waals surface area contributed by atoms with Crippen LogP contribution in [0.25, 0.3) is 11.1 Å². The minimum absolute atomic E-state index is 0.197. The highest BCUT2D eigenvalue weighted by Gasteiger charge is 2.32. The average molecular weight is 358 g/mol. The lowest BCUT2D eigenvalue weighted by Gasteiger charge is -2.08. The van der Waals surface area contributed by atoms with Crippen LogP contribution < -0.4 is 0 Å². The van der Waals surface area contributed by atoms with Crippen LogP contribution in [0.15, 0.2) is 60.4 Å². The molecule has 0 fully saturated rings. The maximum Gasteiger partial charge on any atom is 0.344 e. The van der Waals surface area contributed by atoms with Gasteiger partial charge in [0.15, 0.2) is 0 Å². The molecule has 0 saturated heterocycles. The fourth-order valence-electron chi connectivity index (χ4n) is 2.77. The Labute approximate surface area is 146 Å². The standard InChI is InChI=1S/C19H15FO4S/c1-2-16-18(14-9-8-12(10-15(14)20)11-25(22)23)17(19(21)24-16)13-6-4-3-5-7-13/h2-10,25H,11H2,1H3. The van der Waals surface area contributed by atoms with Gasteiger partial charge in [-0.15, -0.1) is 0 Å². The summed E-state index contributed by atoms with van der Waals surface area (Å²) in [6, 6.07) is 13.1. The summed E-state index contributed by atoms with van der Waals surface area (Å²) in [5, 5.41) is 0. The predicted molar refractivity (Wildman–Crippen MR) is 93.5 cm³/mol. The average Bonchev–Trinajstić information content (AvgIpc) is 2.91. The second-order valence-corrected chi connectivity index (χ2v) is 6.45. The third-order valence-electron chi connectivity index (χ3n) is 3.84. The zero-order valence-corrected chi connectivity index (χ0v) is 14.3. The van der Waals surface area contributed by atoms with E-state index in [1.807, 2.05) is 6.07 Å².